The maximum atomic E-state index is 12.0. The van der Waals surface area contributed by atoms with Gasteiger partial charge in [0, 0.05) is 37.1 Å². The van der Waals surface area contributed by atoms with E-state index in [1.54, 1.807) is 0 Å². The molecule has 16 heavy (non-hydrogen) atoms. The number of carbonyl (C=O) groups is 1. The molecular weight excluding hydrogens is 202 g/mol. The predicted molar refractivity (Wildman–Crippen MR) is 63.2 cm³/mol. The third-order valence-corrected chi connectivity index (χ3v) is 2.93. The fourth-order valence-electron chi connectivity index (χ4n) is 2.11. The van der Waals surface area contributed by atoms with Crippen molar-refractivity contribution in [3.63, 3.8) is 0 Å². The van der Waals surface area contributed by atoms with E-state index in [0.29, 0.717) is 6.42 Å². The highest BCUT2D eigenvalue weighted by molar-refractivity contribution is 5.78. The third kappa shape index (κ3) is 2.64. The number of amides is 1. The molecule has 1 fully saturated rings. The molecule has 2 heterocycles. The fourth-order valence-corrected chi connectivity index (χ4v) is 2.11. The summed E-state index contributed by atoms with van der Waals surface area (Å²) in [6.45, 7) is 6.72. The summed E-state index contributed by atoms with van der Waals surface area (Å²) in [5.41, 5.74) is 1.02. The van der Waals surface area contributed by atoms with Crippen LogP contribution in [0.15, 0.2) is 18.3 Å². The predicted octanol–water partition coefficient (Wildman–Crippen LogP) is 0.768. The first-order valence-electron chi connectivity index (χ1n) is 5.72. The van der Waals surface area contributed by atoms with Crippen molar-refractivity contribution in [3.8, 4) is 0 Å². The lowest BCUT2D eigenvalue weighted by atomic mass is 10.0. The van der Waals surface area contributed by atoms with Crippen molar-refractivity contribution in [1.82, 2.24) is 15.2 Å². The van der Waals surface area contributed by atoms with Crippen LogP contribution in [0.25, 0.3) is 0 Å². The van der Waals surface area contributed by atoms with Crippen LogP contribution in [0.5, 0.6) is 0 Å². The van der Waals surface area contributed by atoms with Crippen molar-refractivity contribution in [2.75, 3.05) is 19.6 Å². The number of hydrogen-bond acceptors (Lipinski definition) is 2. The average molecular weight is 221 g/mol. The molecule has 88 valence electrons. The second-order valence-electron chi connectivity index (χ2n) is 5.00. The molecule has 2 rings (SSSR count). The lowest BCUT2D eigenvalue weighted by Crippen LogP contribution is -2.58. The first-order chi connectivity index (χ1) is 7.57. The van der Waals surface area contributed by atoms with Crippen molar-refractivity contribution < 1.29 is 4.79 Å². The summed E-state index contributed by atoms with van der Waals surface area (Å²) in [6, 6.07) is 3.87. The molecule has 4 heteroatoms. The Bertz CT molecular complexity index is 356. The van der Waals surface area contributed by atoms with Crippen LogP contribution >= 0.6 is 0 Å². The van der Waals surface area contributed by atoms with E-state index >= 15 is 0 Å². The number of H-pyrrole nitrogens is 1. The topological polar surface area (TPSA) is 48.1 Å². The molecule has 0 aliphatic carbocycles. The molecule has 0 spiro atoms. The van der Waals surface area contributed by atoms with Gasteiger partial charge in [-0.3, -0.25) is 4.79 Å². The molecule has 0 atom stereocenters. The molecule has 1 saturated heterocycles. The van der Waals surface area contributed by atoms with E-state index in [4.69, 9.17) is 0 Å². The Kier molecular flexibility index (Phi) is 3.01. The zero-order valence-electron chi connectivity index (χ0n) is 9.92. The van der Waals surface area contributed by atoms with Crippen LogP contribution in [0.2, 0.25) is 0 Å². The zero-order valence-corrected chi connectivity index (χ0v) is 9.92. The van der Waals surface area contributed by atoms with E-state index in [2.05, 4.69) is 24.1 Å². The maximum absolute atomic E-state index is 12.0. The van der Waals surface area contributed by atoms with Crippen LogP contribution in [0.1, 0.15) is 19.5 Å². The number of rotatable bonds is 2. The smallest absolute Gasteiger partial charge is 0.228 e. The normalized spacial score (nSPS) is 19.8. The van der Waals surface area contributed by atoms with Gasteiger partial charge in [0.25, 0.3) is 0 Å². The second kappa shape index (κ2) is 4.29. The molecule has 1 aliphatic heterocycles. The standard InChI is InChI=1S/C12H19N3O/c1-12(2)9-15(7-6-14-12)11(16)8-10-4-3-5-13-10/h3-5,13-14H,6-9H2,1-2H3. The van der Waals surface area contributed by atoms with Gasteiger partial charge >= 0.3 is 0 Å². The van der Waals surface area contributed by atoms with Gasteiger partial charge in [0.2, 0.25) is 5.91 Å². The summed E-state index contributed by atoms with van der Waals surface area (Å²) in [6.07, 6.45) is 2.33. The van der Waals surface area contributed by atoms with Crippen molar-refractivity contribution in [2.45, 2.75) is 25.8 Å². The van der Waals surface area contributed by atoms with E-state index in [0.717, 1.165) is 25.3 Å². The van der Waals surface area contributed by atoms with Gasteiger partial charge < -0.3 is 15.2 Å². The lowest BCUT2D eigenvalue weighted by molar-refractivity contribution is -0.132. The summed E-state index contributed by atoms with van der Waals surface area (Å²) in [5.74, 6) is 0.206. The number of nitrogens with zero attached hydrogens (tertiary/aromatic N) is 1. The fraction of sp³-hybridized carbons (Fsp3) is 0.583. The Labute approximate surface area is 96.0 Å². The van der Waals surface area contributed by atoms with Crippen LogP contribution < -0.4 is 5.32 Å². The molecular formula is C12H19N3O. The van der Waals surface area contributed by atoms with Crippen LogP contribution in [0.4, 0.5) is 0 Å². The monoisotopic (exact) mass is 221 g/mol. The van der Waals surface area contributed by atoms with E-state index in [1.807, 2.05) is 23.2 Å². The number of aromatic nitrogens is 1. The Hall–Kier alpha value is -1.29. The quantitative estimate of drug-likeness (QED) is 0.775. The molecule has 0 radical (unpaired) electrons. The molecule has 0 bridgehead atoms. The van der Waals surface area contributed by atoms with Gasteiger partial charge in [-0.25, -0.2) is 0 Å². The van der Waals surface area contributed by atoms with E-state index in [1.165, 1.54) is 0 Å². The van der Waals surface area contributed by atoms with Gasteiger partial charge in [-0.05, 0) is 26.0 Å². The van der Waals surface area contributed by atoms with Gasteiger partial charge in [0.15, 0.2) is 0 Å². The van der Waals surface area contributed by atoms with E-state index < -0.39 is 0 Å². The van der Waals surface area contributed by atoms with Crippen LogP contribution in [-0.2, 0) is 11.2 Å². The molecule has 0 unspecified atom stereocenters. The minimum Gasteiger partial charge on any atom is -0.365 e. The first-order valence-corrected chi connectivity index (χ1v) is 5.72. The van der Waals surface area contributed by atoms with Crippen molar-refractivity contribution in [1.29, 1.82) is 0 Å². The largest absolute Gasteiger partial charge is 0.365 e. The number of hydrogen-bond donors (Lipinski definition) is 2. The van der Waals surface area contributed by atoms with Crippen LogP contribution in [-0.4, -0.2) is 41.0 Å². The highest BCUT2D eigenvalue weighted by Crippen LogP contribution is 2.11. The maximum Gasteiger partial charge on any atom is 0.228 e. The van der Waals surface area contributed by atoms with Gasteiger partial charge in [0.05, 0.1) is 6.42 Å². The SMILES string of the molecule is CC1(C)CN(C(=O)Cc2ccc[nH]2)CCN1. The summed E-state index contributed by atoms with van der Waals surface area (Å²) >= 11 is 0. The van der Waals surface area contributed by atoms with Gasteiger partial charge in [-0.15, -0.1) is 0 Å². The Balaban J connectivity index is 1.94. The van der Waals surface area contributed by atoms with Gasteiger partial charge in [0.1, 0.15) is 0 Å². The van der Waals surface area contributed by atoms with Crippen molar-refractivity contribution in [2.24, 2.45) is 0 Å². The molecule has 0 saturated carbocycles. The highest BCUT2D eigenvalue weighted by atomic mass is 16.2. The van der Waals surface area contributed by atoms with E-state index in [-0.39, 0.29) is 11.4 Å². The summed E-state index contributed by atoms with van der Waals surface area (Å²) in [5, 5.41) is 3.40. The van der Waals surface area contributed by atoms with Crippen molar-refractivity contribution >= 4 is 5.91 Å². The molecule has 0 aromatic carbocycles. The van der Waals surface area contributed by atoms with Gasteiger partial charge in [-0.2, -0.15) is 0 Å². The van der Waals surface area contributed by atoms with Crippen LogP contribution in [0, 0.1) is 0 Å². The molecule has 1 amide bonds. The minimum atomic E-state index is 0.0314. The molecule has 4 nitrogen and oxygen atoms in total. The van der Waals surface area contributed by atoms with E-state index in [9.17, 15) is 4.79 Å². The first kappa shape index (κ1) is 11.2. The molecule has 1 aliphatic rings. The highest BCUT2D eigenvalue weighted by Gasteiger charge is 2.28. The lowest BCUT2D eigenvalue weighted by Gasteiger charge is -2.39. The Morgan fingerprint density at radius 1 is 1.56 bits per heavy atom. The van der Waals surface area contributed by atoms with Gasteiger partial charge in [-0.1, -0.05) is 0 Å². The second-order valence-corrected chi connectivity index (χ2v) is 5.00. The molecule has 1 aromatic rings. The minimum absolute atomic E-state index is 0.0314. The average Bonchev–Trinajstić information content (AvgIpc) is 2.69. The summed E-state index contributed by atoms with van der Waals surface area (Å²) in [7, 11) is 0. The number of carbonyl (C=O) groups excluding carboxylic acids is 1. The molecule has 2 N–H and O–H groups in total. The van der Waals surface area contributed by atoms with Crippen molar-refractivity contribution in [3.05, 3.63) is 24.0 Å². The zero-order chi connectivity index (χ0) is 11.6. The summed E-state index contributed by atoms with van der Waals surface area (Å²) < 4.78 is 0. The summed E-state index contributed by atoms with van der Waals surface area (Å²) in [4.78, 5) is 17.0. The number of aromatic amines is 1. The van der Waals surface area contributed by atoms with Crippen LogP contribution in [0.3, 0.4) is 0 Å². The number of piperazine rings is 1. The third-order valence-electron chi connectivity index (χ3n) is 2.93. The molecule has 1 aromatic heterocycles. The Morgan fingerprint density at radius 2 is 2.38 bits per heavy atom. The Morgan fingerprint density at radius 3 is 3.00 bits per heavy atom. The number of nitrogens with one attached hydrogen (secondary N) is 2.